The zero-order valence-corrected chi connectivity index (χ0v) is 17.0. The molecule has 6 heteroatoms. The lowest BCUT2D eigenvalue weighted by atomic mass is 9.78. The number of carbonyl (C=O) groups is 1. The standard InChI is InChI=1S/C20H28BrFN2O2/c1-15(25)23-8-4-16-5-11-26-20(13-16)6-9-24(10-7-20)14-17-2-3-18(21)12-19(17)22/h2-3,12,16H,4-11,13-14H2,1H3,(H,23,25). The van der Waals surface area contributed by atoms with Crippen LogP contribution in [0.25, 0.3) is 0 Å². The molecule has 1 atom stereocenters. The lowest BCUT2D eigenvalue weighted by molar-refractivity contribution is -0.129. The van der Waals surface area contributed by atoms with Crippen molar-refractivity contribution in [1.82, 2.24) is 10.2 Å². The van der Waals surface area contributed by atoms with Gasteiger partial charge in [-0.1, -0.05) is 22.0 Å². The van der Waals surface area contributed by atoms with Crippen LogP contribution >= 0.6 is 15.9 Å². The fraction of sp³-hybridized carbons (Fsp3) is 0.650. The van der Waals surface area contributed by atoms with E-state index in [1.807, 2.05) is 12.1 Å². The van der Waals surface area contributed by atoms with Crippen LogP contribution in [0, 0.1) is 11.7 Å². The summed E-state index contributed by atoms with van der Waals surface area (Å²) in [6.45, 7) is 5.66. The van der Waals surface area contributed by atoms with Gasteiger partial charge in [0.25, 0.3) is 0 Å². The molecule has 0 radical (unpaired) electrons. The minimum absolute atomic E-state index is 0.0199. The Hall–Kier alpha value is -0.980. The summed E-state index contributed by atoms with van der Waals surface area (Å²) in [4.78, 5) is 13.4. The maximum absolute atomic E-state index is 14.1. The number of amides is 1. The van der Waals surface area contributed by atoms with E-state index in [-0.39, 0.29) is 17.3 Å². The second-order valence-electron chi connectivity index (χ2n) is 7.67. The van der Waals surface area contributed by atoms with Gasteiger partial charge >= 0.3 is 0 Å². The van der Waals surface area contributed by atoms with Gasteiger partial charge in [0.05, 0.1) is 5.60 Å². The van der Waals surface area contributed by atoms with Gasteiger partial charge < -0.3 is 10.1 Å². The smallest absolute Gasteiger partial charge is 0.216 e. The van der Waals surface area contributed by atoms with E-state index in [1.54, 1.807) is 6.92 Å². The first-order chi connectivity index (χ1) is 12.5. The van der Waals surface area contributed by atoms with Crippen molar-refractivity contribution in [2.24, 2.45) is 5.92 Å². The van der Waals surface area contributed by atoms with Crippen LogP contribution in [0.2, 0.25) is 0 Å². The Bertz CT molecular complexity index is 632. The third-order valence-electron chi connectivity index (χ3n) is 5.70. The molecule has 1 N–H and O–H groups in total. The van der Waals surface area contributed by atoms with Gasteiger partial charge in [-0.25, -0.2) is 4.39 Å². The highest BCUT2D eigenvalue weighted by atomic mass is 79.9. The van der Waals surface area contributed by atoms with Crippen LogP contribution in [0.3, 0.4) is 0 Å². The molecular weight excluding hydrogens is 399 g/mol. The van der Waals surface area contributed by atoms with Crippen LogP contribution in [0.4, 0.5) is 4.39 Å². The predicted octanol–water partition coefficient (Wildman–Crippen LogP) is 3.88. The number of halogens is 2. The molecule has 2 heterocycles. The average molecular weight is 427 g/mol. The van der Waals surface area contributed by atoms with Gasteiger partial charge in [-0.3, -0.25) is 9.69 Å². The van der Waals surface area contributed by atoms with Gasteiger partial charge in [-0.05, 0) is 50.2 Å². The number of piperidine rings is 1. The van der Waals surface area contributed by atoms with Crippen molar-refractivity contribution < 1.29 is 13.9 Å². The lowest BCUT2D eigenvalue weighted by Gasteiger charge is -2.46. The molecule has 3 rings (SSSR count). The Morgan fingerprint density at radius 1 is 1.42 bits per heavy atom. The molecule has 1 aromatic rings. The number of hydrogen-bond acceptors (Lipinski definition) is 3. The van der Waals surface area contributed by atoms with E-state index < -0.39 is 0 Å². The maximum Gasteiger partial charge on any atom is 0.216 e. The molecule has 0 bridgehead atoms. The molecule has 2 aliphatic rings. The molecule has 0 saturated carbocycles. The Balaban J connectivity index is 1.49. The highest BCUT2D eigenvalue weighted by Gasteiger charge is 2.40. The molecule has 2 fully saturated rings. The third kappa shape index (κ3) is 5.27. The number of rotatable bonds is 5. The first-order valence-electron chi connectivity index (χ1n) is 9.50. The quantitative estimate of drug-likeness (QED) is 0.776. The first-order valence-corrected chi connectivity index (χ1v) is 10.3. The summed E-state index contributed by atoms with van der Waals surface area (Å²) in [5.41, 5.74) is 0.732. The van der Waals surface area contributed by atoms with E-state index in [1.165, 1.54) is 6.07 Å². The van der Waals surface area contributed by atoms with Crippen LogP contribution in [-0.2, 0) is 16.1 Å². The van der Waals surface area contributed by atoms with E-state index in [0.29, 0.717) is 12.5 Å². The summed E-state index contributed by atoms with van der Waals surface area (Å²) in [7, 11) is 0. The number of benzene rings is 1. The molecule has 2 saturated heterocycles. The highest BCUT2D eigenvalue weighted by Crippen LogP contribution is 2.39. The van der Waals surface area contributed by atoms with E-state index in [0.717, 1.165) is 68.4 Å². The zero-order chi connectivity index (χ0) is 18.6. The van der Waals surface area contributed by atoms with Crippen molar-refractivity contribution in [2.45, 2.75) is 51.2 Å². The van der Waals surface area contributed by atoms with Crippen molar-refractivity contribution in [1.29, 1.82) is 0 Å². The minimum Gasteiger partial charge on any atom is -0.375 e. The summed E-state index contributed by atoms with van der Waals surface area (Å²) in [6.07, 6.45) is 5.18. The molecule has 2 aliphatic heterocycles. The van der Waals surface area contributed by atoms with E-state index >= 15 is 0 Å². The Morgan fingerprint density at radius 3 is 2.88 bits per heavy atom. The largest absolute Gasteiger partial charge is 0.375 e. The average Bonchev–Trinajstić information content (AvgIpc) is 2.59. The second kappa shape index (κ2) is 8.81. The molecule has 1 amide bonds. The van der Waals surface area contributed by atoms with E-state index in [4.69, 9.17) is 4.74 Å². The topological polar surface area (TPSA) is 41.6 Å². The first kappa shape index (κ1) is 19.8. The summed E-state index contributed by atoms with van der Waals surface area (Å²) in [6, 6.07) is 5.29. The van der Waals surface area contributed by atoms with Crippen LogP contribution < -0.4 is 5.32 Å². The number of likely N-dealkylation sites (tertiary alicyclic amines) is 1. The minimum atomic E-state index is -0.147. The summed E-state index contributed by atoms with van der Waals surface area (Å²) >= 11 is 3.31. The van der Waals surface area contributed by atoms with Crippen molar-refractivity contribution in [2.75, 3.05) is 26.2 Å². The van der Waals surface area contributed by atoms with Crippen molar-refractivity contribution in [3.63, 3.8) is 0 Å². The number of carbonyl (C=O) groups excluding carboxylic acids is 1. The monoisotopic (exact) mass is 426 g/mol. The van der Waals surface area contributed by atoms with Crippen molar-refractivity contribution >= 4 is 21.8 Å². The van der Waals surface area contributed by atoms with Crippen LogP contribution in [0.15, 0.2) is 22.7 Å². The molecule has 0 aromatic heterocycles. The predicted molar refractivity (Wildman–Crippen MR) is 103 cm³/mol. The van der Waals surface area contributed by atoms with E-state index in [2.05, 4.69) is 26.1 Å². The SMILES string of the molecule is CC(=O)NCCC1CCOC2(CCN(Cc3ccc(Br)cc3F)CC2)C1. The van der Waals surface area contributed by atoms with Gasteiger partial charge in [-0.15, -0.1) is 0 Å². The molecule has 144 valence electrons. The second-order valence-corrected chi connectivity index (χ2v) is 8.59. The molecule has 0 aliphatic carbocycles. The van der Waals surface area contributed by atoms with Crippen LogP contribution in [-0.4, -0.2) is 42.6 Å². The van der Waals surface area contributed by atoms with Crippen LogP contribution in [0.5, 0.6) is 0 Å². The fourth-order valence-electron chi connectivity index (χ4n) is 4.19. The summed E-state index contributed by atoms with van der Waals surface area (Å²) in [5, 5.41) is 2.90. The van der Waals surface area contributed by atoms with E-state index in [9.17, 15) is 9.18 Å². The number of ether oxygens (including phenoxy) is 1. The normalized spacial score (nSPS) is 23.1. The Labute approximate surface area is 163 Å². The molecule has 1 spiro atoms. The summed E-state index contributed by atoms with van der Waals surface area (Å²) < 4.78 is 21.1. The molecular formula is C20H28BrFN2O2. The lowest BCUT2D eigenvalue weighted by Crippen LogP contribution is -2.49. The highest BCUT2D eigenvalue weighted by molar-refractivity contribution is 9.10. The third-order valence-corrected chi connectivity index (χ3v) is 6.19. The van der Waals surface area contributed by atoms with Crippen molar-refractivity contribution in [3.05, 3.63) is 34.1 Å². The molecule has 4 nitrogen and oxygen atoms in total. The Morgan fingerprint density at radius 2 is 2.19 bits per heavy atom. The van der Waals surface area contributed by atoms with Crippen LogP contribution in [0.1, 0.15) is 44.6 Å². The molecule has 1 aromatic carbocycles. The zero-order valence-electron chi connectivity index (χ0n) is 15.4. The molecule has 26 heavy (non-hydrogen) atoms. The number of nitrogens with one attached hydrogen (secondary N) is 1. The fourth-order valence-corrected chi connectivity index (χ4v) is 4.52. The number of nitrogens with zero attached hydrogens (tertiary/aromatic N) is 1. The molecule has 1 unspecified atom stereocenters. The maximum atomic E-state index is 14.1. The van der Waals surface area contributed by atoms with Crippen molar-refractivity contribution in [3.8, 4) is 0 Å². The van der Waals surface area contributed by atoms with Gasteiger partial charge in [0.15, 0.2) is 0 Å². The number of hydrogen-bond donors (Lipinski definition) is 1. The van der Waals surface area contributed by atoms with Gasteiger partial charge in [-0.2, -0.15) is 0 Å². The summed E-state index contributed by atoms with van der Waals surface area (Å²) in [5.74, 6) is 0.512. The van der Waals surface area contributed by atoms with Gasteiger partial charge in [0.2, 0.25) is 5.91 Å². The van der Waals surface area contributed by atoms with Gasteiger partial charge in [0.1, 0.15) is 5.82 Å². The van der Waals surface area contributed by atoms with Gasteiger partial charge in [0, 0.05) is 49.7 Å². The Kier molecular flexibility index (Phi) is 6.70.